The normalized spacial score (nSPS) is 23.1. The molecule has 2 heterocycles. The summed E-state index contributed by atoms with van der Waals surface area (Å²) in [4.78, 5) is 14.4. The molecule has 0 bridgehead atoms. The van der Waals surface area contributed by atoms with Crippen molar-refractivity contribution in [2.45, 2.75) is 38.8 Å². The summed E-state index contributed by atoms with van der Waals surface area (Å²) in [5.41, 5.74) is 0.888. The molecule has 0 aliphatic carbocycles. The van der Waals surface area contributed by atoms with Gasteiger partial charge in [-0.25, -0.2) is 0 Å². The molecule has 3 heteroatoms. The fraction of sp³-hybridized carbons (Fsp3) is 0.400. The van der Waals surface area contributed by atoms with Crippen LogP contribution in [-0.4, -0.2) is 22.9 Å². The van der Waals surface area contributed by atoms with Gasteiger partial charge >= 0.3 is 0 Å². The van der Waals surface area contributed by atoms with Crippen molar-refractivity contribution in [1.29, 1.82) is 0 Å². The van der Waals surface area contributed by atoms with Gasteiger partial charge in [0.25, 0.3) is 5.91 Å². The molecule has 1 aromatic rings. The van der Waals surface area contributed by atoms with Crippen LogP contribution >= 0.6 is 0 Å². The Bertz CT molecular complexity index is 473. The second-order valence-corrected chi connectivity index (χ2v) is 4.73. The second kappa shape index (κ2) is 5.25. The number of carbonyl (C=O) groups is 1. The monoisotopic (exact) mass is 245 g/mol. The number of rotatable bonds is 3. The number of hydrogen-bond acceptors (Lipinski definition) is 2. The summed E-state index contributed by atoms with van der Waals surface area (Å²) in [6, 6.07) is 2.10. The lowest BCUT2D eigenvalue weighted by Crippen LogP contribution is -2.46. The average molecular weight is 245 g/mol. The molecule has 96 valence electrons. The molecule has 18 heavy (non-hydrogen) atoms. The van der Waals surface area contributed by atoms with Crippen molar-refractivity contribution < 1.29 is 9.21 Å². The molecule has 1 aromatic heterocycles. The minimum Gasteiger partial charge on any atom is -0.459 e. The van der Waals surface area contributed by atoms with E-state index in [0.717, 1.165) is 18.4 Å². The van der Waals surface area contributed by atoms with Crippen LogP contribution < -0.4 is 0 Å². The molecule has 0 fully saturated rings. The van der Waals surface area contributed by atoms with Crippen LogP contribution in [-0.2, 0) is 0 Å². The molecule has 3 nitrogen and oxygen atoms in total. The van der Waals surface area contributed by atoms with Crippen LogP contribution in [0.2, 0.25) is 0 Å². The van der Waals surface area contributed by atoms with E-state index in [1.165, 1.54) is 0 Å². The molecule has 1 aliphatic heterocycles. The van der Waals surface area contributed by atoms with E-state index in [1.54, 1.807) is 6.26 Å². The van der Waals surface area contributed by atoms with Gasteiger partial charge in [-0.05, 0) is 32.8 Å². The number of aryl methyl sites for hydroxylation is 1. The number of furan rings is 1. The van der Waals surface area contributed by atoms with Crippen LogP contribution in [0.15, 0.2) is 41.6 Å². The first kappa shape index (κ1) is 12.7. The zero-order chi connectivity index (χ0) is 13.1. The SMILES string of the molecule is C=CC[C@@H]1CC=C[C@@H](C)N1C(=O)c1occc1C. The maximum Gasteiger partial charge on any atom is 0.290 e. The van der Waals surface area contributed by atoms with E-state index in [1.807, 2.05) is 30.9 Å². The number of carbonyl (C=O) groups excluding carboxylic acids is 1. The van der Waals surface area contributed by atoms with E-state index in [2.05, 4.69) is 18.7 Å². The molecule has 0 saturated heterocycles. The summed E-state index contributed by atoms with van der Waals surface area (Å²) in [6.45, 7) is 7.69. The predicted molar refractivity (Wildman–Crippen MR) is 71.4 cm³/mol. The van der Waals surface area contributed by atoms with E-state index < -0.39 is 0 Å². The first-order valence-corrected chi connectivity index (χ1v) is 6.29. The lowest BCUT2D eigenvalue weighted by Gasteiger charge is -2.37. The minimum atomic E-state index is -0.0267. The third-order valence-corrected chi connectivity index (χ3v) is 3.38. The highest BCUT2D eigenvalue weighted by Crippen LogP contribution is 2.24. The fourth-order valence-corrected chi connectivity index (χ4v) is 2.43. The largest absolute Gasteiger partial charge is 0.459 e. The van der Waals surface area contributed by atoms with Gasteiger partial charge in [0.15, 0.2) is 5.76 Å². The number of hydrogen-bond donors (Lipinski definition) is 0. The van der Waals surface area contributed by atoms with Crippen LogP contribution in [0, 0.1) is 6.92 Å². The van der Waals surface area contributed by atoms with E-state index in [4.69, 9.17) is 4.42 Å². The Kier molecular flexibility index (Phi) is 3.70. The molecule has 0 aromatic carbocycles. The number of nitrogens with zero attached hydrogens (tertiary/aromatic N) is 1. The van der Waals surface area contributed by atoms with Gasteiger partial charge in [-0.3, -0.25) is 4.79 Å². The predicted octanol–water partition coefficient (Wildman–Crippen LogP) is 3.32. The van der Waals surface area contributed by atoms with E-state index in [9.17, 15) is 4.79 Å². The van der Waals surface area contributed by atoms with Gasteiger partial charge in [-0.15, -0.1) is 6.58 Å². The molecule has 0 unspecified atom stereocenters. The van der Waals surface area contributed by atoms with Gasteiger partial charge in [-0.2, -0.15) is 0 Å². The van der Waals surface area contributed by atoms with Crippen molar-refractivity contribution in [3.8, 4) is 0 Å². The van der Waals surface area contributed by atoms with E-state index in [0.29, 0.717) is 5.76 Å². The zero-order valence-corrected chi connectivity index (χ0v) is 10.9. The van der Waals surface area contributed by atoms with Crippen LogP contribution in [0.3, 0.4) is 0 Å². The molecule has 2 rings (SSSR count). The van der Waals surface area contributed by atoms with Crippen molar-refractivity contribution in [2.75, 3.05) is 0 Å². The Morgan fingerprint density at radius 2 is 2.44 bits per heavy atom. The summed E-state index contributed by atoms with van der Waals surface area (Å²) in [5.74, 6) is 0.424. The standard InChI is InChI=1S/C15H19NO2/c1-4-6-13-8-5-7-12(3)16(13)15(17)14-11(2)9-10-18-14/h4-5,7,9-10,12-13H,1,6,8H2,2-3H3/t12-,13-/m1/s1. The maximum absolute atomic E-state index is 12.5. The highest BCUT2D eigenvalue weighted by atomic mass is 16.3. The zero-order valence-electron chi connectivity index (χ0n) is 10.9. The topological polar surface area (TPSA) is 33.5 Å². The molecule has 1 amide bonds. The van der Waals surface area contributed by atoms with Crippen molar-refractivity contribution in [3.05, 3.63) is 48.5 Å². The van der Waals surface area contributed by atoms with Crippen molar-refractivity contribution in [1.82, 2.24) is 4.90 Å². The summed E-state index contributed by atoms with van der Waals surface area (Å²) in [6.07, 6.45) is 9.32. The Hall–Kier alpha value is -1.77. The summed E-state index contributed by atoms with van der Waals surface area (Å²) < 4.78 is 5.31. The second-order valence-electron chi connectivity index (χ2n) is 4.73. The summed E-state index contributed by atoms with van der Waals surface area (Å²) >= 11 is 0. The molecule has 2 atom stereocenters. The van der Waals surface area contributed by atoms with Crippen molar-refractivity contribution in [3.63, 3.8) is 0 Å². The van der Waals surface area contributed by atoms with Crippen LogP contribution in [0.1, 0.15) is 35.9 Å². The molecule has 0 saturated carbocycles. The average Bonchev–Trinajstić information content (AvgIpc) is 2.75. The van der Waals surface area contributed by atoms with Gasteiger partial charge < -0.3 is 9.32 Å². The van der Waals surface area contributed by atoms with E-state index in [-0.39, 0.29) is 18.0 Å². The molecule has 0 N–H and O–H groups in total. The van der Waals surface area contributed by atoms with Crippen LogP contribution in [0.25, 0.3) is 0 Å². The summed E-state index contributed by atoms with van der Waals surface area (Å²) in [7, 11) is 0. The van der Waals surface area contributed by atoms with Gasteiger partial charge in [0, 0.05) is 17.6 Å². The van der Waals surface area contributed by atoms with Gasteiger partial charge in [0.2, 0.25) is 0 Å². The highest BCUT2D eigenvalue weighted by molar-refractivity contribution is 5.93. The summed E-state index contributed by atoms with van der Waals surface area (Å²) in [5, 5.41) is 0. The lowest BCUT2D eigenvalue weighted by molar-refractivity contribution is 0.0588. The quantitative estimate of drug-likeness (QED) is 0.765. The fourth-order valence-electron chi connectivity index (χ4n) is 2.43. The first-order chi connectivity index (χ1) is 8.65. The van der Waals surface area contributed by atoms with Gasteiger partial charge in [0.05, 0.1) is 6.26 Å². The molecule has 1 aliphatic rings. The maximum atomic E-state index is 12.5. The third-order valence-electron chi connectivity index (χ3n) is 3.38. The molecular formula is C15H19NO2. The molecular weight excluding hydrogens is 226 g/mol. The third kappa shape index (κ3) is 2.26. The van der Waals surface area contributed by atoms with E-state index >= 15 is 0 Å². The van der Waals surface area contributed by atoms with Crippen molar-refractivity contribution in [2.24, 2.45) is 0 Å². The lowest BCUT2D eigenvalue weighted by atomic mass is 9.99. The Labute approximate surface area is 108 Å². The van der Waals surface area contributed by atoms with Gasteiger partial charge in [-0.1, -0.05) is 18.2 Å². The number of amides is 1. The smallest absolute Gasteiger partial charge is 0.290 e. The highest BCUT2D eigenvalue weighted by Gasteiger charge is 2.31. The Balaban J connectivity index is 2.28. The minimum absolute atomic E-state index is 0.0267. The van der Waals surface area contributed by atoms with Gasteiger partial charge in [0.1, 0.15) is 0 Å². The Morgan fingerprint density at radius 3 is 3.06 bits per heavy atom. The molecule has 0 spiro atoms. The van der Waals surface area contributed by atoms with Crippen molar-refractivity contribution >= 4 is 5.91 Å². The Morgan fingerprint density at radius 1 is 1.67 bits per heavy atom. The van der Waals surface area contributed by atoms with Crippen LogP contribution in [0.4, 0.5) is 0 Å². The van der Waals surface area contributed by atoms with Crippen LogP contribution in [0.5, 0.6) is 0 Å². The first-order valence-electron chi connectivity index (χ1n) is 6.29. The molecule has 0 radical (unpaired) electrons.